The highest BCUT2D eigenvalue weighted by atomic mass is 16.1. The Bertz CT molecular complexity index is 316. The van der Waals surface area contributed by atoms with Crippen molar-refractivity contribution in [3.63, 3.8) is 0 Å². The monoisotopic (exact) mass is 189 g/mol. The normalized spacial score (nSPS) is 9.50. The van der Waals surface area contributed by atoms with E-state index in [0.717, 1.165) is 12.0 Å². The van der Waals surface area contributed by atoms with Gasteiger partial charge in [-0.05, 0) is 25.5 Å². The van der Waals surface area contributed by atoms with E-state index in [-0.39, 0.29) is 5.91 Å². The van der Waals surface area contributed by atoms with Crippen molar-refractivity contribution in [2.24, 2.45) is 0 Å². The Labute approximate surface area is 84.6 Å². The molecule has 1 amide bonds. The van der Waals surface area contributed by atoms with Crippen LogP contribution in [-0.2, 0) is 0 Å². The standard InChI is InChI=1S/C12H15NO/c1-10(2)8-9-13-12(14)11-6-4-3-5-7-11/h3-7H,1,8-9H2,2H3,(H,13,14). The molecule has 2 heteroatoms. The summed E-state index contributed by atoms with van der Waals surface area (Å²) in [4.78, 5) is 11.5. The summed E-state index contributed by atoms with van der Waals surface area (Å²) in [6.07, 6.45) is 0.832. The summed E-state index contributed by atoms with van der Waals surface area (Å²) in [7, 11) is 0. The van der Waals surface area contributed by atoms with Gasteiger partial charge in [-0.2, -0.15) is 0 Å². The second-order valence-corrected chi connectivity index (χ2v) is 3.33. The lowest BCUT2D eigenvalue weighted by Crippen LogP contribution is -2.24. The Morgan fingerprint density at radius 1 is 1.36 bits per heavy atom. The molecule has 0 atom stereocenters. The van der Waals surface area contributed by atoms with E-state index in [0.29, 0.717) is 12.1 Å². The van der Waals surface area contributed by atoms with Crippen LogP contribution in [0.5, 0.6) is 0 Å². The molecular weight excluding hydrogens is 174 g/mol. The number of amides is 1. The van der Waals surface area contributed by atoms with Gasteiger partial charge in [0.15, 0.2) is 0 Å². The Kier molecular flexibility index (Phi) is 3.92. The molecule has 0 saturated carbocycles. The van der Waals surface area contributed by atoms with Crippen LogP contribution in [0.3, 0.4) is 0 Å². The van der Waals surface area contributed by atoms with Crippen molar-refractivity contribution in [3.05, 3.63) is 48.0 Å². The van der Waals surface area contributed by atoms with Crippen molar-refractivity contribution in [2.75, 3.05) is 6.54 Å². The molecule has 0 aliphatic heterocycles. The number of hydrogen-bond donors (Lipinski definition) is 1. The van der Waals surface area contributed by atoms with E-state index >= 15 is 0 Å². The second kappa shape index (κ2) is 5.22. The second-order valence-electron chi connectivity index (χ2n) is 3.33. The van der Waals surface area contributed by atoms with Crippen molar-refractivity contribution in [2.45, 2.75) is 13.3 Å². The van der Waals surface area contributed by atoms with Crippen LogP contribution >= 0.6 is 0 Å². The minimum atomic E-state index is -0.0214. The first-order chi connectivity index (χ1) is 6.70. The lowest BCUT2D eigenvalue weighted by atomic mass is 10.2. The zero-order valence-electron chi connectivity index (χ0n) is 8.42. The first kappa shape index (κ1) is 10.5. The molecule has 0 bridgehead atoms. The lowest BCUT2D eigenvalue weighted by Gasteiger charge is -2.04. The van der Waals surface area contributed by atoms with Crippen LogP contribution in [0, 0.1) is 0 Å². The van der Waals surface area contributed by atoms with Gasteiger partial charge in [0.2, 0.25) is 0 Å². The van der Waals surface area contributed by atoms with Gasteiger partial charge >= 0.3 is 0 Å². The average molecular weight is 189 g/mol. The lowest BCUT2D eigenvalue weighted by molar-refractivity contribution is 0.0954. The molecule has 0 spiro atoms. The summed E-state index contributed by atoms with van der Waals surface area (Å²) in [6, 6.07) is 9.21. The molecule has 1 aromatic carbocycles. The predicted molar refractivity (Wildman–Crippen MR) is 58.2 cm³/mol. The smallest absolute Gasteiger partial charge is 0.251 e. The highest BCUT2D eigenvalue weighted by Gasteiger charge is 2.01. The van der Waals surface area contributed by atoms with Crippen LogP contribution in [0.4, 0.5) is 0 Å². The zero-order valence-corrected chi connectivity index (χ0v) is 8.42. The molecular formula is C12H15NO. The van der Waals surface area contributed by atoms with Gasteiger partial charge in [-0.15, -0.1) is 6.58 Å². The molecule has 0 aliphatic carbocycles. The third-order valence-electron chi connectivity index (χ3n) is 1.87. The summed E-state index contributed by atoms with van der Waals surface area (Å²) < 4.78 is 0. The van der Waals surface area contributed by atoms with Crippen molar-refractivity contribution in [1.29, 1.82) is 0 Å². The number of carbonyl (C=O) groups is 1. The Morgan fingerprint density at radius 2 is 2.00 bits per heavy atom. The van der Waals surface area contributed by atoms with Gasteiger partial charge in [0, 0.05) is 12.1 Å². The van der Waals surface area contributed by atoms with E-state index in [1.807, 2.05) is 25.1 Å². The maximum Gasteiger partial charge on any atom is 0.251 e. The van der Waals surface area contributed by atoms with E-state index in [1.165, 1.54) is 0 Å². The fourth-order valence-corrected chi connectivity index (χ4v) is 1.08. The van der Waals surface area contributed by atoms with Crippen LogP contribution in [0.1, 0.15) is 23.7 Å². The van der Waals surface area contributed by atoms with Gasteiger partial charge in [-0.1, -0.05) is 23.8 Å². The highest BCUT2D eigenvalue weighted by molar-refractivity contribution is 5.94. The Balaban J connectivity index is 2.40. The molecule has 0 unspecified atom stereocenters. The largest absolute Gasteiger partial charge is 0.352 e. The van der Waals surface area contributed by atoms with Crippen LogP contribution in [0.2, 0.25) is 0 Å². The number of benzene rings is 1. The van der Waals surface area contributed by atoms with Gasteiger partial charge in [-0.25, -0.2) is 0 Å². The van der Waals surface area contributed by atoms with Gasteiger partial charge in [0.1, 0.15) is 0 Å². The molecule has 14 heavy (non-hydrogen) atoms. The van der Waals surface area contributed by atoms with Gasteiger partial charge in [0.05, 0.1) is 0 Å². The van der Waals surface area contributed by atoms with Gasteiger partial charge in [-0.3, -0.25) is 4.79 Å². The van der Waals surface area contributed by atoms with Crippen LogP contribution < -0.4 is 5.32 Å². The van der Waals surface area contributed by atoms with E-state index in [1.54, 1.807) is 12.1 Å². The third-order valence-corrected chi connectivity index (χ3v) is 1.87. The molecule has 0 aromatic heterocycles. The predicted octanol–water partition coefficient (Wildman–Crippen LogP) is 2.38. The Morgan fingerprint density at radius 3 is 2.57 bits per heavy atom. The molecule has 1 rings (SSSR count). The molecule has 1 aromatic rings. The summed E-state index contributed by atoms with van der Waals surface area (Å²) in [5.41, 5.74) is 1.78. The number of rotatable bonds is 4. The van der Waals surface area contributed by atoms with E-state index in [2.05, 4.69) is 11.9 Å². The van der Waals surface area contributed by atoms with Crippen molar-refractivity contribution in [3.8, 4) is 0 Å². The quantitative estimate of drug-likeness (QED) is 0.724. The molecule has 2 nitrogen and oxygen atoms in total. The SMILES string of the molecule is C=C(C)CCNC(=O)c1ccccc1. The summed E-state index contributed by atoms with van der Waals surface area (Å²) in [5.74, 6) is -0.0214. The molecule has 1 N–H and O–H groups in total. The van der Waals surface area contributed by atoms with Crippen LogP contribution in [0.15, 0.2) is 42.5 Å². The maximum absolute atomic E-state index is 11.5. The van der Waals surface area contributed by atoms with Gasteiger partial charge in [0.25, 0.3) is 5.91 Å². The first-order valence-electron chi connectivity index (χ1n) is 4.68. The average Bonchev–Trinajstić information content (AvgIpc) is 2.18. The van der Waals surface area contributed by atoms with Crippen LogP contribution in [0.25, 0.3) is 0 Å². The highest BCUT2D eigenvalue weighted by Crippen LogP contribution is 1.98. The van der Waals surface area contributed by atoms with Crippen molar-refractivity contribution in [1.82, 2.24) is 5.32 Å². The molecule has 0 heterocycles. The maximum atomic E-state index is 11.5. The van der Waals surface area contributed by atoms with Crippen molar-refractivity contribution < 1.29 is 4.79 Å². The number of nitrogens with one attached hydrogen (secondary N) is 1. The molecule has 74 valence electrons. The van der Waals surface area contributed by atoms with Gasteiger partial charge < -0.3 is 5.32 Å². The molecule has 0 aliphatic rings. The minimum Gasteiger partial charge on any atom is -0.352 e. The van der Waals surface area contributed by atoms with E-state index in [4.69, 9.17) is 0 Å². The molecule has 0 saturated heterocycles. The van der Waals surface area contributed by atoms with Crippen molar-refractivity contribution >= 4 is 5.91 Å². The van der Waals surface area contributed by atoms with E-state index in [9.17, 15) is 4.79 Å². The summed E-state index contributed by atoms with van der Waals surface area (Å²) in [5, 5.41) is 2.83. The molecule has 0 radical (unpaired) electrons. The first-order valence-corrected chi connectivity index (χ1v) is 4.68. The summed E-state index contributed by atoms with van der Waals surface area (Å²) >= 11 is 0. The van der Waals surface area contributed by atoms with E-state index < -0.39 is 0 Å². The zero-order chi connectivity index (χ0) is 10.4. The Hall–Kier alpha value is -1.57. The minimum absolute atomic E-state index is 0.0214. The summed E-state index contributed by atoms with van der Waals surface area (Å²) in [6.45, 7) is 6.38. The number of carbonyl (C=O) groups excluding carboxylic acids is 1. The fourth-order valence-electron chi connectivity index (χ4n) is 1.08. The fraction of sp³-hybridized carbons (Fsp3) is 0.250. The topological polar surface area (TPSA) is 29.1 Å². The molecule has 0 fully saturated rings. The third kappa shape index (κ3) is 3.44. The van der Waals surface area contributed by atoms with Crippen LogP contribution in [-0.4, -0.2) is 12.5 Å². The number of hydrogen-bond acceptors (Lipinski definition) is 1.